The predicted molar refractivity (Wildman–Crippen MR) is 135 cm³/mol. The molecule has 2 aromatic heterocycles. The van der Waals surface area contributed by atoms with Gasteiger partial charge in [-0.05, 0) is 59.4 Å². The molecule has 0 saturated heterocycles. The summed E-state index contributed by atoms with van der Waals surface area (Å²) in [6.07, 6.45) is 3.64. The molecule has 2 bridgehead atoms. The molecule has 182 valence electrons. The number of anilines is 1. The summed E-state index contributed by atoms with van der Waals surface area (Å²) in [7, 11) is 1.58. The number of benzene rings is 2. The third-order valence-corrected chi connectivity index (χ3v) is 6.96. The van der Waals surface area contributed by atoms with Crippen LogP contribution in [0.1, 0.15) is 67.2 Å². The number of fused-ring (bicyclic) bond motifs is 8. The monoisotopic (exact) mass is 481 g/mol. The number of carbonyl (C=O) groups excluding carboxylic acids is 1. The number of pyridine rings is 1. The van der Waals surface area contributed by atoms with Gasteiger partial charge in [0.1, 0.15) is 23.8 Å². The second kappa shape index (κ2) is 8.49. The van der Waals surface area contributed by atoms with Gasteiger partial charge in [0.15, 0.2) is 0 Å². The molecule has 2 aliphatic rings. The second-order valence-corrected chi connectivity index (χ2v) is 9.41. The van der Waals surface area contributed by atoms with Gasteiger partial charge in [-0.1, -0.05) is 24.3 Å². The fourth-order valence-electron chi connectivity index (χ4n) is 5.24. The highest BCUT2D eigenvalue weighted by Gasteiger charge is 2.43. The quantitative estimate of drug-likeness (QED) is 0.432. The zero-order valence-electron chi connectivity index (χ0n) is 20.4. The van der Waals surface area contributed by atoms with E-state index in [0.717, 1.165) is 27.9 Å². The van der Waals surface area contributed by atoms with Crippen molar-refractivity contribution in [2.45, 2.75) is 39.1 Å². The van der Waals surface area contributed by atoms with E-state index in [1.54, 1.807) is 13.2 Å². The van der Waals surface area contributed by atoms with Crippen molar-refractivity contribution in [3.8, 4) is 5.75 Å². The number of aryl methyl sites for hydroxylation is 2. The van der Waals surface area contributed by atoms with Gasteiger partial charge in [0.2, 0.25) is 0 Å². The zero-order chi connectivity index (χ0) is 25.0. The van der Waals surface area contributed by atoms with Crippen LogP contribution < -0.4 is 15.8 Å². The number of nitrogen functional groups attached to an aromatic ring is 1. The van der Waals surface area contributed by atoms with E-state index in [2.05, 4.69) is 33.6 Å². The van der Waals surface area contributed by atoms with E-state index < -0.39 is 0 Å². The van der Waals surface area contributed by atoms with Gasteiger partial charge >= 0.3 is 0 Å². The SMILES string of the molecule is COc1cc(N)nc(C)c1CNC(=O)c1ccc2c(c1)C1OC2c2ccc(Cn3cc(C)cn3)cc21. The minimum atomic E-state index is -0.171. The Hall–Kier alpha value is -4.17. The molecule has 36 heavy (non-hydrogen) atoms. The molecule has 2 aliphatic heterocycles. The molecular weight excluding hydrogens is 454 g/mol. The summed E-state index contributed by atoms with van der Waals surface area (Å²) in [5.74, 6) is 0.829. The number of nitrogens with zero attached hydrogens (tertiary/aromatic N) is 3. The fraction of sp³-hybridized carbons (Fsp3) is 0.250. The lowest BCUT2D eigenvalue weighted by atomic mass is 9.84. The van der Waals surface area contributed by atoms with Crippen LogP contribution >= 0.6 is 0 Å². The molecule has 0 radical (unpaired) electrons. The number of hydrogen-bond donors (Lipinski definition) is 2. The third kappa shape index (κ3) is 3.70. The molecular formula is C28H27N5O3. The molecule has 1 amide bonds. The second-order valence-electron chi connectivity index (χ2n) is 9.41. The van der Waals surface area contributed by atoms with Crippen molar-refractivity contribution < 1.29 is 14.3 Å². The number of aromatic nitrogens is 3. The van der Waals surface area contributed by atoms with E-state index in [9.17, 15) is 4.79 Å². The molecule has 2 atom stereocenters. The Labute approximate surface area is 209 Å². The van der Waals surface area contributed by atoms with Crippen molar-refractivity contribution in [3.63, 3.8) is 0 Å². The lowest BCUT2D eigenvalue weighted by Crippen LogP contribution is -2.24. The third-order valence-electron chi connectivity index (χ3n) is 6.96. The van der Waals surface area contributed by atoms with Crippen LogP contribution in [-0.2, 0) is 17.8 Å². The number of rotatable bonds is 6. The van der Waals surface area contributed by atoms with Gasteiger partial charge in [0.05, 0.1) is 19.9 Å². The van der Waals surface area contributed by atoms with Gasteiger partial charge in [0.25, 0.3) is 5.91 Å². The van der Waals surface area contributed by atoms with Crippen LogP contribution in [0.4, 0.5) is 5.82 Å². The first kappa shape index (κ1) is 22.3. The van der Waals surface area contributed by atoms with Crippen LogP contribution in [-0.4, -0.2) is 27.8 Å². The highest BCUT2D eigenvalue weighted by atomic mass is 16.5. The standard InChI is InChI=1S/C28H27N5O3/c1-15-11-31-33(13-15)14-17-4-6-19-21(8-17)27-22-9-18(5-7-20(22)26(19)36-27)28(34)30-12-23-16(2)32-25(29)10-24(23)35-3/h4-11,13,26-27H,12,14H2,1-3H3,(H2,29,32)(H,30,34). The smallest absolute Gasteiger partial charge is 0.251 e. The Balaban J connectivity index is 1.22. The van der Waals surface area contributed by atoms with E-state index in [-0.39, 0.29) is 18.1 Å². The molecule has 8 nitrogen and oxygen atoms in total. The number of carbonyl (C=O) groups is 1. The molecule has 0 spiro atoms. The van der Waals surface area contributed by atoms with Crippen molar-refractivity contribution in [1.82, 2.24) is 20.1 Å². The van der Waals surface area contributed by atoms with Gasteiger partial charge in [-0.3, -0.25) is 9.48 Å². The minimum absolute atomic E-state index is 0.0918. The molecule has 2 unspecified atom stereocenters. The van der Waals surface area contributed by atoms with Crippen molar-refractivity contribution in [3.05, 3.63) is 105 Å². The first-order chi connectivity index (χ1) is 17.4. The van der Waals surface area contributed by atoms with E-state index in [1.807, 2.05) is 49.1 Å². The summed E-state index contributed by atoms with van der Waals surface area (Å²) in [4.78, 5) is 17.3. The van der Waals surface area contributed by atoms with Crippen LogP contribution in [0.2, 0.25) is 0 Å². The predicted octanol–water partition coefficient (Wildman–Crippen LogP) is 3.99. The Morgan fingerprint density at radius 1 is 1.08 bits per heavy atom. The highest BCUT2D eigenvalue weighted by molar-refractivity contribution is 5.94. The van der Waals surface area contributed by atoms with Crippen LogP contribution in [0.3, 0.4) is 0 Å². The van der Waals surface area contributed by atoms with Gasteiger partial charge in [-0.25, -0.2) is 4.98 Å². The summed E-state index contributed by atoms with van der Waals surface area (Å²) in [6, 6.07) is 14.0. The summed E-state index contributed by atoms with van der Waals surface area (Å²) < 4.78 is 13.7. The first-order valence-electron chi connectivity index (χ1n) is 11.9. The number of nitrogens with two attached hydrogens (primary N) is 1. The molecule has 2 aromatic carbocycles. The maximum absolute atomic E-state index is 13.1. The lowest BCUT2D eigenvalue weighted by Gasteiger charge is -2.18. The normalized spacial score (nSPS) is 17.1. The van der Waals surface area contributed by atoms with Crippen LogP contribution in [0.15, 0.2) is 54.9 Å². The van der Waals surface area contributed by atoms with Crippen LogP contribution in [0.5, 0.6) is 5.75 Å². The van der Waals surface area contributed by atoms with Crippen molar-refractivity contribution >= 4 is 11.7 Å². The Morgan fingerprint density at radius 3 is 2.58 bits per heavy atom. The van der Waals surface area contributed by atoms with Crippen molar-refractivity contribution in [1.29, 1.82) is 0 Å². The average molecular weight is 482 g/mol. The number of methoxy groups -OCH3 is 1. The molecule has 3 N–H and O–H groups in total. The lowest BCUT2D eigenvalue weighted by molar-refractivity contribution is 0.0857. The number of ether oxygens (including phenoxy) is 2. The largest absolute Gasteiger partial charge is 0.496 e. The average Bonchev–Trinajstić information content (AvgIpc) is 3.56. The maximum Gasteiger partial charge on any atom is 0.251 e. The Kier molecular flexibility index (Phi) is 5.26. The molecule has 0 fully saturated rings. The van der Waals surface area contributed by atoms with Crippen LogP contribution in [0.25, 0.3) is 0 Å². The first-order valence-corrected chi connectivity index (χ1v) is 11.9. The highest BCUT2D eigenvalue weighted by Crippen LogP contribution is 2.54. The molecule has 4 aromatic rings. The molecule has 4 heterocycles. The van der Waals surface area contributed by atoms with Crippen molar-refractivity contribution in [2.24, 2.45) is 0 Å². The molecule has 8 heteroatoms. The topological polar surface area (TPSA) is 104 Å². The van der Waals surface area contributed by atoms with Gasteiger partial charge < -0.3 is 20.5 Å². The number of hydrogen-bond acceptors (Lipinski definition) is 6. The zero-order valence-corrected chi connectivity index (χ0v) is 20.4. The van der Waals surface area contributed by atoms with Crippen molar-refractivity contribution in [2.75, 3.05) is 12.8 Å². The summed E-state index contributed by atoms with van der Waals surface area (Å²) in [6.45, 7) is 4.88. The van der Waals surface area contributed by atoms with E-state index in [1.165, 1.54) is 16.7 Å². The summed E-state index contributed by atoms with van der Waals surface area (Å²) in [5.41, 5.74) is 14.8. The Bertz CT molecular complexity index is 1510. The minimum Gasteiger partial charge on any atom is -0.496 e. The van der Waals surface area contributed by atoms with Crippen LogP contribution in [0, 0.1) is 13.8 Å². The van der Waals surface area contributed by atoms with Gasteiger partial charge in [-0.15, -0.1) is 0 Å². The molecule has 0 aliphatic carbocycles. The van der Waals surface area contributed by atoms with E-state index >= 15 is 0 Å². The summed E-state index contributed by atoms with van der Waals surface area (Å²) in [5, 5.41) is 7.40. The molecule has 0 saturated carbocycles. The van der Waals surface area contributed by atoms with Gasteiger partial charge in [0, 0.05) is 35.6 Å². The summed E-state index contributed by atoms with van der Waals surface area (Å²) >= 11 is 0. The van der Waals surface area contributed by atoms with E-state index in [4.69, 9.17) is 15.2 Å². The molecule has 6 rings (SSSR count). The number of amides is 1. The van der Waals surface area contributed by atoms with Gasteiger partial charge in [-0.2, -0.15) is 5.10 Å². The Morgan fingerprint density at radius 2 is 1.83 bits per heavy atom. The number of nitrogens with one attached hydrogen (secondary N) is 1. The van der Waals surface area contributed by atoms with E-state index in [0.29, 0.717) is 30.2 Å². The maximum atomic E-state index is 13.1. The fourth-order valence-corrected chi connectivity index (χ4v) is 5.24.